The van der Waals surface area contributed by atoms with E-state index in [2.05, 4.69) is 10.4 Å². The van der Waals surface area contributed by atoms with Crippen LogP contribution in [0.25, 0.3) is 6.08 Å². The van der Waals surface area contributed by atoms with Crippen molar-refractivity contribution in [1.82, 2.24) is 15.1 Å². The second-order valence-electron chi connectivity index (χ2n) is 7.38. The van der Waals surface area contributed by atoms with Gasteiger partial charge in [0.15, 0.2) is 0 Å². The number of carbonyl (C=O) groups excluding carboxylic acids is 2. The Bertz CT molecular complexity index is 903. The number of esters is 1. The zero-order valence-electron chi connectivity index (χ0n) is 17.5. The van der Waals surface area contributed by atoms with Gasteiger partial charge in [-0.15, -0.1) is 0 Å². The predicted molar refractivity (Wildman–Crippen MR) is 115 cm³/mol. The lowest BCUT2D eigenvalue weighted by Crippen LogP contribution is -2.41. The van der Waals surface area contributed by atoms with E-state index in [-0.39, 0.29) is 11.8 Å². The summed E-state index contributed by atoms with van der Waals surface area (Å²) in [5.41, 5.74) is 3.58. The van der Waals surface area contributed by atoms with Gasteiger partial charge in [0.25, 0.3) is 0 Å². The molecular formula is C22H28ClN3O3. The molecule has 0 spiro atoms. The zero-order chi connectivity index (χ0) is 21.6. The number of benzene rings is 1. The van der Waals surface area contributed by atoms with Gasteiger partial charge in [-0.05, 0) is 43.9 Å². The predicted octanol–water partition coefficient (Wildman–Crippen LogP) is 3.92. The lowest BCUT2D eigenvalue weighted by Gasteiger charge is -2.17. The first-order chi connectivity index (χ1) is 13.7. The summed E-state index contributed by atoms with van der Waals surface area (Å²) in [4.78, 5) is 24.2. The highest BCUT2D eigenvalue weighted by Crippen LogP contribution is 2.20. The van der Waals surface area contributed by atoms with Crippen molar-refractivity contribution in [2.45, 2.75) is 46.7 Å². The molecule has 156 valence electrons. The molecule has 0 fully saturated rings. The smallest absolute Gasteiger partial charge is 0.328 e. The van der Waals surface area contributed by atoms with Crippen molar-refractivity contribution in [2.24, 2.45) is 5.92 Å². The van der Waals surface area contributed by atoms with Gasteiger partial charge in [-0.2, -0.15) is 5.10 Å². The number of rotatable bonds is 8. The third-order valence-electron chi connectivity index (χ3n) is 4.63. The molecule has 0 bridgehead atoms. The van der Waals surface area contributed by atoms with Crippen LogP contribution < -0.4 is 5.32 Å². The molecule has 1 amide bonds. The molecule has 0 aliphatic carbocycles. The van der Waals surface area contributed by atoms with Gasteiger partial charge in [0.2, 0.25) is 5.91 Å². The van der Waals surface area contributed by atoms with Crippen molar-refractivity contribution in [2.75, 3.05) is 7.11 Å². The van der Waals surface area contributed by atoms with Crippen molar-refractivity contribution >= 4 is 29.6 Å². The first-order valence-electron chi connectivity index (χ1n) is 9.56. The van der Waals surface area contributed by atoms with Gasteiger partial charge < -0.3 is 10.1 Å². The molecule has 0 saturated heterocycles. The van der Waals surface area contributed by atoms with E-state index in [4.69, 9.17) is 16.3 Å². The van der Waals surface area contributed by atoms with E-state index in [1.807, 2.05) is 56.6 Å². The van der Waals surface area contributed by atoms with E-state index in [1.165, 1.54) is 13.2 Å². The number of ether oxygens (including phenoxy) is 1. The van der Waals surface area contributed by atoms with Crippen molar-refractivity contribution in [3.8, 4) is 0 Å². The number of nitrogens with one attached hydrogen (secondary N) is 1. The van der Waals surface area contributed by atoms with Gasteiger partial charge in [0.05, 0.1) is 19.3 Å². The van der Waals surface area contributed by atoms with Crippen LogP contribution in [0.2, 0.25) is 5.02 Å². The molecule has 0 aliphatic rings. The van der Waals surface area contributed by atoms with Gasteiger partial charge in [-0.3, -0.25) is 9.48 Å². The first-order valence-corrected chi connectivity index (χ1v) is 9.94. The second kappa shape index (κ2) is 10.3. The normalized spacial score (nSPS) is 12.4. The Balaban J connectivity index is 2.13. The number of halogens is 1. The molecular weight excluding hydrogens is 390 g/mol. The van der Waals surface area contributed by atoms with Crippen LogP contribution in [0.4, 0.5) is 0 Å². The number of carbonyl (C=O) groups is 2. The highest BCUT2D eigenvalue weighted by Gasteiger charge is 2.21. The number of amides is 1. The Morgan fingerprint density at radius 2 is 1.97 bits per heavy atom. The first kappa shape index (κ1) is 22.7. The maximum Gasteiger partial charge on any atom is 0.328 e. The number of hydrogen-bond donors (Lipinski definition) is 1. The van der Waals surface area contributed by atoms with E-state index in [1.54, 1.807) is 6.08 Å². The molecule has 1 atom stereocenters. The SMILES string of the molecule is COC(=O)C(CC(C)C)NC(=O)/C=C/c1c(C)nn(Cc2ccccc2Cl)c1C. The maximum absolute atomic E-state index is 12.3. The molecule has 1 N–H and O–H groups in total. The summed E-state index contributed by atoms with van der Waals surface area (Å²) >= 11 is 6.25. The van der Waals surface area contributed by atoms with E-state index in [9.17, 15) is 9.59 Å². The number of hydrogen-bond acceptors (Lipinski definition) is 4. The maximum atomic E-state index is 12.3. The lowest BCUT2D eigenvalue weighted by molar-refractivity contribution is -0.145. The Morgan fingerprint density at radius 1 is 1.28 bits per heavy atom. The molecule has 0 aliphatic heterocycles. The summed E-state index contributed by atoms with van der Waals surface area (Å²) in [5, 5.41) is 7.97. The van der Waals surface area contributed by atoms with Crippen LogP contribution >= 0.6 is 11.6 Å². The van der Waals surface area contributed by atoms with Crippen LogP contribution in [0.1, 0.15) is 42.8 Å². The Morgan fingerprint density at radius 3 is 2.59 bits per heavy atom. The highest BCUT2D eigenvalue weighted by molar-refractivity contribution is 6.31. The second-order valence-corrected chi connectivity index (χ2v) is 7.79. The van der Waals surface area contributed by atoms with E-state index in [0.717, 1.165) is 22.5 Å². The molecule has 29 heavy (non-hydrogen) atoms. The molecule has 1 aromatic carbocycles. The van der Waals surface area contributed by atoms with Crippen molar-refractivity contribution < 1.29 is 14.3 Å². The molecule has 6 nitrogen and oxygen atoms in total. The van der Waals surface area contributed by atoms with Crippen LogP contribution in [0.15, 0.2) is 30.3 Å². The van der Waals surface area contributed by atoms with Crippen LogP contribution in [-0.2, 0) is 20.9 Å². The van der Waals surface area contributed by atoms with Crippen LogP contribution in [-0.4, -0.2) is 34.8 Å². The Hall–Kier alpha value is -2.60. The van der Waals surface area contributed by atoms with Crippen LogP contribution in [0, 0.1) is 19.8 Å². The molecule has 2 aromatic rings. The Kier molecular flexibility index (Phi) is 8.02. The van der Waals surface area contributed by atoms with Crippen molar-refractivity contribution in [3.05, 3.63) is 57.9 Å². The largest absolute Gasteiger partial charge is 0.467 e. The number of nitrogens with zero attached hydrogens (tertiary/aromatic N) is 2. The summed E-state index contributed by atoms with van der Waals surface area (Å²) in [5.74, 6) is -0.546. The molecule has 0 saturated carbocycles. The van der Waals surface area contributed by atoms with E-state index < -0.39 is 12.0 Å². The van der Waals surface area contributed by atoms with Gasteiger partial charge >= 0.3 is 5.97 Å². The number of aromatic nitrogens is 2. The minimum Gasteiger partial charge on any atom is -0.467 e. The topological polar surface area (TPSA) is 73.2 Å². The van der Waals surface area contributed by atoms with Gasteiger partial charge in [0.1, 0.15) is 6.04 Å². The third-order valence-corrected chi connectivity index (χ3v) is 4.99. The van der Waals surface area contributed by atoms with E-state index in [0.29, 0.717) is 18.0 Å². The van der Waals surface area contributed by atoms with Crippen LogP contribution in [0.3, 0.4) is 0 Å². The minimum atomic E-state index is -0.665. The van der Waals surface area contributed by atoms with Gasteiger partial charge in [-0.25, -0.2) is 4.79 Å². The molecule has 1 heterocycles. The molecule has 2 rings (SSSR count). The average molecular weight is 418 g/mol. The third kappa shape index (κ3) is 6.19. The summed E-state index contributed by atoms with van der Waals surface area (Å²) in [6.07, 6.45) is 3.66. The minimum absolute atomic E-state index is 0.246. The molecule has 1 unspecified atom stereocenters. The van der Waals surface area contributed by atoms with Gasteiger partial charge in [-0.1, -0.05) is 43.6 Å². The molecule has 7 heteroatoms. The fourth-order valence-electron chi connectivity index (χ4n) is 3.10. The number of aryl methyl sites for hydroxylation is 1. The highest BCUT2D eigenvalue weighted by atomic mass is 35.5. The summed E-state index contributed by atoms with van der Waals surface area (Å²) in [7, 11) is 1.32. The fraction of sp³-hybridized carbons (Fsp3) is 0.409. The monoisotopic (exact) mass is 417 g/mol. The summed E-state index contributed by atoms with van der Waals surface area (Å²) in [6.45, 7) is 8.36. The quantitative estimate of drug-likeness (QED) is 0.522. The summed E-state index contributed by atoms with van der Waals surface area (Å²) in [6, 6.07) is 6.97. The fourth-order valence-corrected chi connectivity index (χ4v) is 3.30. The average Bonchev–Trinajstić information content (AvgIpc) is 2.93. The van der Waals surface area contributed by atoms with E-state index >= 15 is 0 Å². The molecule has 1 aromatic heterocycles. The van der Waals surface area contributed by atoms with Gasteiger partial charge in [0, 0.05) is 22.4 Å². The summed E-state index contributed by atoms with van der Waals surface area (Å²) < 4.78 is 6.65. The van der Waals surface area contributed by atoms with Crippen molar-refractivity contribution in [3.63, 3.8) is 0 Å². The Labute approximate surface area is 176 Å². The standard InChI is InChI=1S/C22H28ClN3O3/c1-14(2)12-20(22(28)29-5)24-21(27)11-10-18-15(3)25-26(16(18)4)13-17-8-6-7-9-19(17)23/h6-11,14,20H,12-13H2,1-5H3,(H,24,27)/b11-10+. The van der Waals surface area contributed by atoms with Crippen molar-refractivity contribution in [1.29, 1.82) is 0 Å². The zero-order valence-corrected chi connectivity index (χ0v) is 18.3. The lowest BCUT2D eigenvalue weighted by atomic mass is 10.0. The number of methoxy groups -OCH3 is 1. The molecule has 0 radical (unpaired) electrons. The van der Waals surface area contributed by atoms with Crippen LogP contribution in [0.5, 0.6) is 0 Å².